The predicted molar refractivity (Wildman–Crippen MR) is 130 cm³/mol. The van der Waals surface area contributed by atoms with Crippen LogP contribution in [0.15, 0.2) is 28.4 Å². The Labute approximate surface area is 203 Å². The van der Waals surface area contributed by atoms with E-state index >= 15 is 0 Å². The zero-order valence-corrected chi connectivity index (χ0v) is 20.3. The maximum absolute atomic E-state index is 11.6. The van der Waals surface area contributed by atoms with Crippen molar-refractivity contribution in [2.45, 2.75) is 20.3 Å². The molecule has 4 N–H and O–H groups in total. The van der Waals surface area contributed by atoms with E-state index < -0.39 is 5.91 Å². The first-order valence-electron chi connectivity index (χ1n) is 10.9. The Bertz CT molecular complexity index is 1020. The molecule has 0 spiro atoms. The van der Waals surface area contributed by atoms with Crippen molar-refractivity contribution in [2.24, 2.45) is 16.0 Å². The highest BCUT2D eigenvalue weighted by atomic mass is 32.1. The first kappa shape index (κ1) is 27.4. The number of aliphatic hydroxyl groups excluding tert-OH is 2. The normalized spacial score (nSPS) is 11.1. The van der Waals surface area contributed by atoms with Crippen LogP contribution in [0.25, 0.3) is 0 Å². The molecule has 0 saturated heterocycles. The molecule has 0 aliphatic carbocycles. The average molecular weight is 490 g/mol. The number of carbonyl (C=O) groups excluding carboxylic acids is 1. The Hall–Kier alpha value is -2.88. The number of anilines is 1. The van der Waals surface area contributed by atoms with Crippen LogP contribution in [0.2, 0.25) is 0 Å². The summed E-state index contributed by atoms with van der Waals surface area (Å²) in [5.41, 5.74) is 8.71. The van der Waals surface area contributed by atoms with E-state index in [1.54, 1.807) is 6.92 Å². The molecule has 1 aromatic carbocycles. The molecule has 1 amide bonds. The second-order valence-corrected chi connectivity index (χ2v) is 8.39. The van der Waals surface area contributed by atoms with Crippen molar-refractivity contribution in [2.75, 3.05) is 57.6 Å². The van der Waals surface area contributed by atoms with Gasteiger partial charge in [0, 0.05) is 25.4 Å². The molecule has 1 heterocycles. The van der Waals surface area contributed by atoms with Crippen LogP contribution >= 0.6 is 11.3 Å². The molecule has 0 fully saturated rings. The van der Waals surface area contributed by atoms with Gasteiger partial charge < -0.3 is 30.3 Å². The second kappa shape index (κ2) is 14.4. The minimum Gasteiger partial charge on any atom is -0.394 e. The molecule has 2 rings (SSSR count). The molecular weight excluding hydrogens is 458 g/mol. The largest absolute Gasteiger partial charge is 0.394 e. The molecule has 0 saturated carbocycles. The van der Waals surface area contributed by atoms with Crippen LogP contribution < -0.4 is 10.6 Å². The standard InChI is InChI=1S/C23H31N5O5S/c1-16-14-18(28(7-11-33-13-9-30)6-3-10-32-12-8-29)4-5-20(16)26-27-23-19(15-24)17(2)21(34-23)22(25)31/h4-5,14,29-30H,3,6-13H2,1-2H3,(H2,25,31). The zero-order chi connectivity index (χ0) is 24.9. The van der Waals surface area contributed by atoms with Crippen molar-refractivity contribution in [1.82, 2.24) is 0 Å². The number of amides is 1. The lowest BCUT2D eigenvalue weighted by molar-refractivity contribution is 0.0890. The quantitative estimate of drug-likeness (QED) is 0.257. The number of azo groups is 1. The number of nitriles is 1. The Morgan fingerprint density at radius 3 is 2.44 bits per heavy atom. The van der Waals surface area contributed by atoms with Gasteiger partial charge in [-0.2, -0.15) is 5.26 Å². The number of primary amides is 1. The number of benzene rings is 1. The molecule has 0 radical (unpaired) electrons. The van der Waals surface area contributed by atoms with Gasteiger partial charge in [-0.3, -0.25) is 4.79 Å². The Balaban J connectivity index is 2.17. The molecule has 10 nitrogen and oxygen atoms in total. The van der Waals surface area contributed by atoms with Gasteiger partial charge >= 0.3 is 0 Å². The fraction of sp³-hybridized carbons (Fsp3) is 0.478. The van der Waals surface area contributed by atoms with E-state index in [-0.39, 0.29) is 19.8 Å². The van der Waals surface area contributed by atoms with E-state index in [0.29, 0.717) is 53.1 Å². The highest BCUT2D eigenvalue weighted by Crippen LogP contribution is 2.36. The van der Waals surface area contributed by atoms with Gasteiger partial charge in [-0.15, -0.1) is 21.6 Å². The van der Waals surface area contributed by atoms with E-state index in [4.69, 9.17) is 25.4 Å². The van der Waals surface area contributed by atoms with Gasteiger partial charge in [0.1, 0.15) is 6.07 Å². The zero-order valence-electron chi connectivity index (χ0n) is 19.5. The van der Waals surface area contributed by atoms with Crippen molar-refractivity contribution in [1.29, 1.82) is 5.26 Å². The molecule has 2 aromatic rings. The maximum atomic E-state index is 11.6. The number of aryl methyl sites for hydroxylation is 1. The highest BCUT2D eigenvalue weighted by Gasteiger charge is 2.18. The van der Waals surface area contributed by atoms with E-state index in [1.807, 2.05) is 25.1 Å². The predicted octanol–water partition coefficient (Wildman–Crippen LogP) is 2.97. The van der Waals surface area contributed by atoms with Gasteiger partial charge in [-0.05, 0) is 49.6 Å². The first-order valence-corrected chi connectivity index (χ1v) is 11.7. The number of nitrogens with two attached hydrogens (primary N) is 1. The number of carbonyl (C=O) groups is 1. The maximum Gasteiger partial charge on any atom is 0.259 e. The van der Waals surface area contributed by atoms with Gasteiger partial charge in [0.05, 0.1) is 49.2 Å². The fourth-order valence-electron chi connectivity index (χ4n) is 3.22. The topological polar surface area (TPSA) is 154 Å². The lowest BCUT2D eigenvalue weighted by Crippen LogP contribution is -2.29. The summed E-state index contributed by atoms with van der Waals surface area (Å²) in [6.45, 7) is 6.53. The molecule has 0 unspecified atom stereocenters. The molecule has 0 aliphatic heterocycles. The van der Waals surface area contributed by atoms with Crippen molar-refractivity contribution < 1.29 is 24.5 Å². The number of nitrogens with zero attached hydrogens (tertiary/aromatic N) is 4. The molecule has 11 heteroatoms. The van der Waals surface area contributed by atoms with Gasteiger partial charge in [-0.25, -0.2) is 0 Å². The number of aliphatic hydroxyl groups is 2. The highest BCUT2D eigenvalue weighted by molar-refractivity contribution is 7.18. The third-order valence-electron chi connectivity index (χ3n) is 4.95. The third kappa shape index (κ3) is 7.86. The summed E-state index contributed by atoms with van der Waals surface area (Å²) in [5.74, 6) is -0.592. The van der Waals surface area contributed by atoms with Gasteiger partial charge in [0.15, 0.2) is 5.00 Å². The minimum atomic E-state index is -0.592. The van der Waals surface area contributed by atoms with Crippen molar-refractivity contribution in [3.63, 3.8) is 0 Å². The van der Waals surface area contributed by atoms with Crippen LogP contribution in [-0.4, -0.2) is 68.9 Å². The summed E-state index contributed by atoms with van der Waals surface area (Å²) >= 11 is 1.05. The summed E-state index contributed by atoms with van der Waals surface area (Å²) in [5, 5.41) is 36.0. The first-order chi connectivity index (χ1) is 16.4. The number of rotatable bonds is 15. The molecule has 184 valence electrons. The number of ether oxygens (including phenoxy) is 2. The molecule has 0 atom stereocenters. The smallest absolute Gasteiger partial charge is 0.259 e. The Kier molecular flexibility index (Phi) is 11.6. The summed E-state index contributed by atoms with van der Waals surface area (Å²) < 4.78 is 10.8. The Morgan fingerprint density at radius 2 is 1.82 bits per heavy atom. The van der Waals surface area contributed by atoms with E-state index in [1.165, 1.54) is 0 Å². The summed E-state index contributed by atoms with van der Waals surface area (Å²) in [6.07, 6.45) is 0.775. The van der Waals surface area contributed by atoms with E-state index in [9.17, 15) is 10.1 Å². The van der Waals surface area contributed by atoms with Crippen LogP contribution in [0.3, 0.4) is 0 Å². The number of hydrogen-bond acceptors (Lipinski definition) is 10. The lowest BCUT2D eigenvalue weighted by atomic mass is 10.1. The molecule has 0 bridgehead atoms. The van der Waals surface area contributed by atoms with Crippen molar-refractivity contribution >= 4 is 33.6 Å². The summed E-state index contributed by atoms with van der Waals surface area (Å²) in [6, 6.07) is 7.84. The van der Waals surface area contributed by atoms with Crippen LogP contribution in [0, 0.1) is 25.2 Å². The van der Waals surface area contributed by atoms with Gasteiger partial charge in [0.2, 0.25) is 0 Å². The molecule has 1 aromatic heterocycles. The molecule has 0 aliphatic rings. The third-order valence-corrected chi connectivity index (χ3v) is 6.14. The number of thiophene rings is 1. The van der Waals surface area contributed by atoms with Crippen molar-refractivity contribution in [3.05, 3.63) is 39.8 Å². The molecular formula is C23H31N5O5S. The monoisotopic (exact) mass is 489 g/mol. The van der Waals surface area contributed by atoms with Gasteiger partial charge in [0.25, 0.3) is 5.91 Å². The second-order valence-electron chi connectivity index (χ2n) is 7.40. The average Bonchev–Trinajstić information content (AvgIpc) is 3.14. The van der Waals surface area contributed by atoms with Crippen LogP contribution in [0.5, 0.6) is 0 Å². The van der Waals surface area contributed by atoms with E-state index in [0.717, 1.165) is 35.6 Å². The Morgan fingerprint density at radius 1 is 1.12 bits per heavy atom. The summed E-state index contributed by atoms with van der Waals surface area (Å²) in [4.78, 5) is 14.0. The lowest BCUT2D eigenvalue weighted by Gasteiger charge is -2.25. The van der Waals surface area contributed by atoms with E-state index in [2.05, 4.69) is 21.2 Å². The minimum absolute atomic E-state index is 0.00132. The van der Waals surface area contributed by atoms with Crippen LogP contribution in [-0.2, 0) is 9.47 Å². The van der Waals surface area contributed by atoms with Gasteiger partial charge in [-0.1, -0.05) is 0 Å². The van der Waals surface area contributed by atoms with Crippen LogP contribution in [0.4, 0.5) is 16.4 Å². The SMILES string of the molecule is Cc1cc(N(CCCOCCO)CCOCCO)ccc1N=Nc1sc(C(N)=O)c(C)c1C#N. The summed E-state index contributed by atoms with van der Waals surface area (Å²) in [7, 11) is 0. The fourth-order valence-corrected chi connectivity index (χ4v) is 4.15. The van der Waals surface area contributed by atoms with Crippen LogP contribution in [0.1, 0.15) is 32.8 Å². The molecule has 34 heavy (non-hydrogen) atoms. The number of hydrogen-bond donors (Lipinski definition) is 3. The van der Waals surface area contributed by atoms with Crippen molar-refractivity contribution in [3.8, 4) is 6.07 Å².